The zero-order valence-electron chi connectivity index (χ0n) is 15.2. The van der Waals surface area contributed by atoms with E-state index in [2.05, 4.69) is 17.2 Å². The number of nitrogens with zero attached hydrogens (tertiary/aromatic N) is 2. The third-order valence-electron chi connectivity index (χ3n) is 6.12. The number of carbonyl (C=O) groups is 1. The summed E-state index contributed by atoms with van der Waals surface area (Å²) in [6.07, 6.45) is 3.30. The molecule has 1 aromatic carbocycles. The van der Waals surface area contributed by atoms with E-state index in [0.29, 0.717) is 10.9 Å². The molecule has 2 N–H and O–H groups in total. The summed E-state index contributed by atoms with van der Waals surface area (Å²) in [4.78, 5) is 30.2. The number of hydrogen-bond acceptors (Lipinski definition) is 4. The van der Waals surface area contributed by atoms with Crippen molar-refractivity contribution in [3.05, 3.63) is 69.9 Å². The van der Waals surface area contributed by atoms with Crippen LogP contribution in [0, 0.1) is 11.2 Å². The van der Waals surface area contributed by atoms with E-state index in [-0.39, 0.29) is 40.3 Å². The number of nitrogens with one attached hydrogen (secondary N) is 1. The number of aromatic hydroxyl groups is 1. The van der Waals surface area contributed by atoms with Crippen LogP contribution < -0.4 is 10.9 Å². The van der Waals surface area contributed by atoms with E-state index in [1.165, 1.54) is 22.9 Å². The van der Waals surface area contributed by atoms with Gasteiger partial charge in [0, 0.05) is 11.7 Å². The predicted octanol–water partition coefficient (Wildman–Crippen LogP) is 2.57. The molecule has 0 saturated heterocycles. The fraction of sp³-hybridized carbons (Fsp3) is 0.286. The maximum Gasteiger partial charge on any atom is 0.269 e. The van der Waals surface area contributed by atoms with Gasteiger partial charge in [0.1, 0.15) is 22.8 Å². The van der Waals surface area contributed by atoms with Crippen molar-refractivity contribution in [3.63, 3.8) is 0 Å². The molecule has 142 valence electrons. The zero-order valence-corrected chi connectivity index (χ0v) is 15.2. The topological polar surface area (TPSA) is 84.2 Å². The molecular weight excluding hydrogens is 361 g/mol. The van der Waals surface area contributed by atoms with Gasteiger partial charge in [-0.2, -0.15) is 0 Å². The molecule has 2 heterocycles. The molecule has 3 aromatic rings. The summed E-state index contributed by atoms with van der Waals surface area (Å²) in [6, 6.07) is 9.01. The van der Waals surface area contributed by atoms with E-state index in [1.54, 1.807) is 24.3 Å². The van der Waals surface area contributed by atoms with Gasteiger partial charge in [0.25, 0.3) is 11.5 Å². The molecule has 6 nitrogen and oxygen atoms in total. The number of fused-ring (bicyclic) bond motifs is 2. The van der Waals surface area contributed by atoms with E-state index in [4.69, 9.17) is 0 Å². The smallest absolute Gasteiger partial charge is 0.269 e. The third-order valence-corrected chi connectivity index (χ3v) is 6.12. The number of aromatic nitrogens is 2. The Balaban J connectivity index is 1.63. The Morgan fingerprint density at radius 2 is 1.96 bits per heavy atom. The summed E-state index contributed by atoms with van der Waals surface area (Å²) in [5.41, 5.74) is -0.0452. The van der Waals surface area contributed by atoms with Crippen LogP contribution in [0.3, 0.4) is 0 Å². The summed E-state index contributed by atoms with van der Waals surface area (Å²) >= 11 is 0. The van der Waals surface area contributed by atoms with Gasteiger partial charge in [-0.05, 0) is 48.1 Å². The number of amides is 1. The van der Waals surface area contributed by atoms with Crippen molar-refractivity contribution in [2.24, 2.45) is 5.41 Å². The van der Waals surface area contributed by atoms with Gasteiger partial charge in [0.05, 0.1) is 11.9 Å². The fourth-order valence-corrected chi connectivity index (χ4v) is 4.10. The molecule has 5 rings (SSSR count). The lowest BCUT2D eigenvalue weighted by atomic mass is 10.1. The summed E-state index contributed by atoms with van der Waals surface area (Å²) in [6.45, 7) is 2.19. The first-order valence-corrected chi connectivity index (χ1v) is 9.11. The lowest BCUT2D eigenvalue weighted by molar-refractivity contribution is 0.0937. The first-order chi connectivity index (χ1) is 13.3. The largest absolute Gasteiger partial charge is 0.506 e. The van der Waals surface area contributed by atoms with Crippen molar-refractivity contribution in [3.8, 4) is 5.75 Å². The molecular formula is C21H18FN3O3. The van der Waals surface area contributed by atoms with Crippen LogP contribution in [0.1, 0.15) is 35.7 Å². The van der Waals surface area contributed by atoms with Crippen molar-refractivity contribution < 1.29 is 14.3 Å². The number of pyridine rings is 2. The van der Waals surface area contributed by atoms with Gasteiger partial charge >= 0.3 is 0 Å². The SMILES string of the molecule is CC12CC1(NC(=O)c1c(O)c3cccnc3n(Cc3ccc(F)cc3)c1=O)C2. The Labute approximate surface area is 159 Å². The normalized spacial score (nSPS) is 24.6. The molecule has 2 aliphatic carbocycles. The lowest BCUT2D eigenvalue weighted by Crippen LogP contribution is -2.37. The number of carbonyl (C=O) groups excluding carboxylic acids is 1. The Bertz CT molecular complexity index is 1190. The Hall–Kier alpha value is -3.22. The van der Waals surface area contributed by atoms with Gasteiger partial charge < -0.3 is 10.4 Å². The van der Waals surface area contributed by atoms with Crippen LogP contribution in [-0.2, 0) is 6.54 Å². The standard InChI is InChI=1S/C21H18FN3O3/c1-20-10-21(20,11-20)24-18(27)15-16(26)14-3-2-8-23-17(14)25(19(15)28)9-12-4-6-13(22)7-5-12/h2-8,26H,9-11H2,1H3,(H,24,27). The first-order valence-electron chi connectivity index (χ1n) is 9.11. The van der Waals surface area contributed by atoms with Crippen LogP contribution >= 0.6 is 0 Å². The molecule has 2 aliphatic rings. The highest BCUT2D eigenvalue weighted by Gasteiger charge is 2.81. The molecule has 28 heavy (non-hydrogen) atoms. The molecule has 0 atom stereocenters. The summed E-state index contributed by atoms with van der Waals surface area (Å²) in [5, 5.41) is 13.9. The minimum absolute atomic E-state index is 0.107. The number of rotatable bonds is 4. The van der Waals surface area contributed by atoms with Crippen molar-refractivity contribution in [1.29, 1.82) is 0 Å². The second-order valence-electron chi connectivity index (χ2n) is 8.07. The lowest BCUT2D eigenvalue weighted by Gasteiger charge is -2.15. The van der Waals surface area contributed by atoms with E-state index in [0.717, 1.165) is 12.8 Å². The van der Waals surface area contributed by atoms with E-state index >= 15 is 0 Å². The maximum atomic E-state index is 13.2. The molecule has 1 amide bonds. The molecule has 0 bridgehead atoms. The maximum absolute atomic E-state index is 13.2. The zero-order chi connectivity index (χ0) is 19.7. The fourth-order valence-electron chi connectivity index (χ4n) is 4.10. The van der Waals surface area contributed by atoms with Crippen molar-refractivity contribution in [2.75, 3.05) is 0 Å². The molecule has 0 aliphatic heterocycles. The van der Waals surface area contributed by atoms with E-state index in [9.17, 15) is 19.1 Å². The number of benzene rings is 1. The van der Waals surface area contributed by atoms with Gasteiger partial charge in [-0.15, -0.1) is 0 Å². The van der Waals surface area contributed by atoms with Crippen molar-refractivity contribution >= 4 is 16.9 Å². The van der Waals surface area contributed by atoms with Crippen LogP contribution in [0.15, 0.2) is 47.4 Å². The highest BCUT2D eigenvalue weighted by Crippen LogP contribution is 2.78. The van der Waals surface area contributed by atoms with Crippen LogP contribution in [0.5, 0.6) is 5.75 Å². The minimum atomic E-state index is -0.620. The van der Waals surface area contributed by atoms with Crippen LogP contribution in [0.2, 0.25) is 0 Å². The van der Waals surface area contributed by atoms with Crippen LogP contribution in [0.25, 0.3) is 11.0 Å². The molecule has 0 spiro atoms. The highest BCUT2D eigenvalue weighted by atomic mass is 19.1. The summed E-state index contributed by atoms with van der Waals surface area (Å²) in [7, 11) is 0. The van der Waals surface area contributed by atoms with Crippen molar-refractivity contribution in [2.45, 2.75) is 31.8 Å². The van der Waals surface area contributed by atoms with E-state index in [1.807, 2.05) is 0 Å². The molecule has 2 fully saturated rings. The van der Waals surface area contributed by atoms with Crippen molar-refractivity contribution in [1.82, 2.24) is 14.9 Å². The van der Waals surface area contributed by atoms with Gasteiger partial charge in [-0.3, -0.25) is 14.2 Å². The highest BCUT2D eigenvalue weighted by molar-refractivity contribution is 6.02. The van der Waals surface area contributed by atoms with Crippen LogP contribution in [0.4, 0.5) is 4.39 Å². The summed E-state index contributed by atoms with van der Waals surface area (Å²) < 4.78 is 14.6. The first kappa shape index (κ1) is 16.9. The molecule has 0 radical (unpaired) electrons. The monoisotopic (exact) mass is 379 g/mol. The Kier molecular flexibility index (Phi) is 3.27. The number of halogens is 1. The van der Waals surface area contributed by atoms with Gasteiger partial charge in [-0.25, -0.2) is 9.37 Å². The number of hydrogen-bond donors (Lipinski definition) is 2. The molecule has 0 unspecified atom stereocenters. The predicted molar refractivity (Wildman–Crippen MR) is 101 cm³/mol. The molecule has 7 heteroatoms. The minimum Gasteiger partial charge on any atom is -0.506 e. The molecule has 2 saturated carbocycles. The quantitative estimate of drug-likeness (QED) is 0.730. The van der Waals surface area contributed by atoms with E-state index < -0.39 is 11.5 Å². The average molecular weight is 379 g/mol. The van der Waals surface area contributed by atoms with Gasteiger partial charge in [-0.1, -0.05) is 19.1 Å². The average Bonchev–Trinajstić information content (AvgIpc) is 3.43. The Morgan fingerprint density at radius 1 is 1.29 bits per heavy atom. The van der Waals surface area contributed by atoms with Gasteiger partial charge in [0.2, 0.25) is 0 Å². The Morgan fingerprint density at radius 3 is 2.61 bits per heavy atom. The third kappa shape index (κ3) is 2.35. The van der Waals surface area contributed by atoms with Gasteiger partial charge in [0.15, 0.2) is 0 Å². The second kappa shape index (κ2) is 5.41. The molecule has 2 aromatic heterocycles. The second-order valence-corrected chi connectivity index (χ2v) is 8.07. The summed E-state index contributed by atoms with van der Waals surface area (Å²) in [5.74, 6) is -1.30. The van der Waals surface area contributed by atoms with Crippen LogP contribution in [-0.4, -0.2) is 26.1 Å².